The normalized spacial score (nSPS) is 16.4. The Labute approximate surface area is 139 Å². The average molecular weight is 341 g/mol. The van der Waals surface area contributed by atoms with Gasteiger partial charge in [0.15, 0.2) is 5.13 Å². The molecule has 112 valence electrons. The third kappa shape index (κ3) is 3.71. The Kier molecular flexibility index (Phi) is 5.04. The molecule has 0 atom stereocenters. The smallest absolute Gasteiger partial charge is 0.187 e. The van der Waals surface area contributed by atoms with E-state index in [1.807, 2.05) is 0 Å². The minimum absolute atomic E-state index is 0.445. The molecule has 0 spiro atoms. The van der Waals surface area contributed by atoms with Crippen molar-refractivity contribution in [3.05, 3.63) is 45.9 Å². The van der Waals surface area contributed by atoms with Crippen molar-refractivity contribution < 1.29 is 0 Å². The van der Waals surface area contributed by atoms with Crippen molar-refractivity contribution in [2.75, 3.05) is 18.0 Å². The van der Waals surface area contributed by atoms with Crippen LogP contribution in [0.4, 0.5) is 5.13 Å². The monoisotopic (exact) mass is 340 g/mol. The van der Waals surface area contributed by atoms with Crippen LogP contribution in [-0.4, -0.2) is 18.1 Å². The van der Waals surface area contributed by atoms with Crippen LogP contribution in [0, 0.1) is 5.92 Å². The molecule has 1 aliphatic rings. The lowest BCUT2D eigenvalue weighted by atomic mass is 9.90. The van der Waals surface area contributed by atoms with E-state index in [4.69, 9.17) is 23.2 Å². The molecule has 2 aromatic rings. The van der Waals surface area contributed by atoms with Crippen LogP contribution in [0.1, 0.15) is 23.3 Å². The van der Waals surface area contributed by atoms with Crippen LogP contribution in [-0.2, 0) is 12.3 Å². The lowest BCUT2D eigenvalue weighted by molar-refractivity contribution is 0.403. The van der Waals surface area contributed by atoms with E-state index in [-0.39, 0.29) is 0 Å². The van der Waals surface area contributed by atoms with Crippen LogP contribution in [0.15, 0.2) is 30.3 Å². The van der Waals surface area contributed by atoms with Gasteiger partial charge in [0, 0.05) is 13.1 Å². The van der Waals surface area contributed by atoms with E-state index in [0.717, 1.165) is 29.0 Å². The van der Waals surface area contributed by atoms with Crippen LogP contribution in [0.25, 0.3) is 0 Å². The Morgan fingerprint density at radius 3 is 2.52 bits per heavy atom. The fourth-order valence-electron chi connectivity index (χ4n) is 2.81. The van der Waals surface area contributed by atoms with Crippen LogP contribution >= 0.6 is 34.5 Å². The maximum atomic E-state index is 6.09. The van der Waals surface area contributed by atoms with Crippen molar-refractivity contribution in [1.82, 2.24) is 4.98 Å². The molecule has 0 saturated carbocycles. The van der Waals surface area contributed by atoms with Crippen LogP contribution in [0.3, 0.4) is 0 Å². The van der Waals surface area contributed by atoms with Crippen LogP contribution < -0.4 is 4.90 Å². The molecule has 0 aliphatic carbocycles. The minimum atomic E-state index is 0.445. The summed E-state index contributed by atoms with van der Waals surface area (Å²) in [5, 5.41) is 1.59. The molecule has 1 aliphatic heterocycles. The van der Waals surface area contributed by atoms with Gasteiger partial charge in [0.05, 0.1) is 10.8 Å². The zero-order valence-corrected chi connectivity index (χ0v) is 14.1. The maximum Gasteiger partial charge on any atom is 0.187 e. The van der Waals surface area contributed by atoms with E-state index in [1.54, 1.807) is 11.3 Å². The first-order valence-corrected chi connectivity index (χ1v) is 8.99. The lowest BCUT2D eigenvalue weighted by Gasteiger charge is -2.31. The molecule has 2 nitrogen and oxygen atoms in total. The molecule has 21 heavy (non-hydrogen) atoms. The minimum Gasteiger partial charge on any atom is -0.348 e. The van der Waals surface area contributed by atoms with Gasteiger partial charge < -0.3 is 4.90 Å². The highest BCUT2D eigenvalue weighted by Crippen LogP contribution is 2.33. The van der Waals surface area contributed by atoms with Gasteiger partial charge in [-0.15, -0.1) is 11.6 Å². The van der Waals surface area contributed by atoms with Crippen LogP contribution in [0.5, 0.6) is 0 Å². The molecule has 0 bridgehead atoms. The highest BCUT2D eigenvalue weighted by molar-refractivity contribution is 7.16. The van der Waals surface area contributed by atoms with Gasteiger partial charge in [-0.3, -0.25) is 0 Å². The maximum absolute atomic E-state index is 6.09. The van der Waals surface area contributed by atoms with E-state index in [9.17, 15) is 0 Å². The number of thiazole rings is 1. The fourth-order valence-corrected chi connectivity index (χ4v) is 4.34. The van der Waals surface area contributed by atoms with Crippen molar-refractivity contribution >= 4 is 39.7 Å². The van der Waals surface area contributed by atoms with Crippen molar-refractivity contribution in [2.45, 2.75) is 25.1 Å². The Hall–Kier alpha value is -0.770. The number of hydrogen-bond acceptors (Lipinski definition) is 3. The first-order valence-electron chi connectivity index (χ1n) is 7.26. The predicted octanol–water partition coefficient (Wildman–Crippen LogP) is 4.99. The molecule has 1 aromatic heterocycles. The summed E-state index contributed by atoms with van der Waals surface area (Å²) >= 11 is 13.6. The van der Waals surface area contributed by atoms with Gasteiger partial charge in [0.2, 0.25) is 0 Å². The standard InChI is InChI=1S/C16H18Cl2N2S/c17-11-14-15(18)19-16(21-14)20-8-6-13(7-9-20)10-12-4-2-1-3-5-12/h1-5,13H,6-11H2. The number of nitrogens with zero attached hydrogens (tertiary/aromatic N) is 2. The van der Waals surface area contributed by atoms with E-state index < -0.39 is 0 Å². The molecule has 1 aromatic carbocycles. The second kappa shape index (κ2) is 6.99. The first kappa shape index (κ1) is 15.1. The summed E-state index contributed by atoms with van der Waals surface area (Å²) in [6, 6.07) is 10.8. The van der Waals surface area contributed by atoms with E-state index in [1.165, 1.54) is 24.8 Å². The molecular formula is C16H18Cl2N2S. The van der Waals surface area contributed by atoms with Gasteiger partial charge in [-0.05, 0) is 30.7 Å². The SMILES string of the molecule is ClCc1sc(N2CCC(Cc3ccccc3)CC2)nc1Cl. The zero-order valence-electron chi connectivity index (χ0n) is 11.8. The second-order valence-corrected chi connectivity index (χ2v) is 7.15. The van der Waals surface area contributed by atoms with Crippen molar-refractivity contribution in [2.24, 2.45) is 5.92 Å². The summed E-state index contributed by atoms with van der Waals surface area (Å²) in [5.41, 5.74) is 1.44. The number of alkyl halides is 1. The summed E-state index contributed by atoms with van der Waals surface area (Å²) in [6.07, 6.45) is 3.60. The molecule has 0 amide bonds. The van der Waals surface area contributed by atoms with Crippen LogP contribution in [0.2, 0.25) is 5.15 Å². The van der Waals surface area contributed by atoms with Gasteiger partial charge in [0.1, 0.15) is 5.15 Å². The van der Waals surface area contributed by atoms with E-state index >= 15 is 0 Å². The molecule has 0 unspecified atom stereocenters. The molecule has 5 heteroatoms. The van der Waals surface area contributed by atoms with Gasteiger partial charge in [-0.1, -0.05) is 53.3 Å². The third-order valence-electron chi connectivity index (χ3n) is 4.01. The quantitative estimate of drug-likeness (QED) is 0.728. The summed E-state index contributed by atoms with van der Waals surface area (Å²) in [7, 11) is 0. The summed E-state index contributed by atoms with van der Waals surface area (Å²) in [5.74, 6) is 1.22. The van der Waals surface area contributed by atoms with Crippen molar-refractivity contribution in [3.8, 4) is 0 Å². The Morgan fingerprint density at radius 1 is 1.19 bits per heavy atom. The number of rotatable bonds is 4. The highest BCUT2D eigenvalue weighted by atomic mass is 35.5. The number of piperidine rings is 1. The summed E-state index contributed by atoms with van der Waals surface area (Å²) in [4.78, 5) is 7.75. The summed E-state index contributed by atoms with van der Waals surface area (Å²) < 4.78 is 0. The topological polar surface area (TPSA) is 16.1 Å². The number of benzene rings is 1. The van der Waals surface area contributed by atoms with Gasteiger partial charge in [-0.25, -0.2) is 4.98 Å². The van der Waals surface area contributed by atoms with E-state index in [0.29, 0.717) is 11.0 Å². The number of hydrogen-bond donors (Lipinski definition) is 0. The average Bonchev–Trinajstić information content (AvgIpc) is 2.90. The van der Waals surface area contributed by atoms with Gasteiger partial charge >= 0.3 is 0 Å². The van der Waals surface area contributed by atoms with Crippen molar-refractivity contribution in [1.29, 1.82) is 0 Å². The molecule has 1 fully saturated rings. The Balaban J connectivity index is 1.57. The highest BCUT2D eigenvalue weighted by Gasteiger charge is 2.22. The van der Waals surface area contributed by atoms with E-state index in [2.05, 4.69) is 40.2 Å². The first-order chi connectivity index (χ1) is 10.3. The number of halogens is 2. The molecule has 1 saturated heterocycles. The van der Waals surface area contributed by atoms with Crippen molar-refractivity contribution in [3.63, 3.8) is 0 Å². The molecule has 0 radical (unpaired) electrons. The summed E-state index contributed by atoms with van der Waals surface area (Å²) in [6.45, 7) is 2.12. The third-order valence-corrected chi connectivity index (χ3v) is 5.98. The Morgan fingerprint density at radius 2 is 1.90 bits per heavy atom. The number of anilines is 1. The number of aromatic nitrogens is 1. The Bertz CT molecular complexity index is 577. The lowest BCUT2D eigenvalue weighted by Crippen LogP contribution is -2.34. The zero-order chi connectivity index (χ0) is 14.7. The predicted molar refractivity (Wildman–Crippen MR) is 91.8 cm³/mol. The second-order valence-electron chi connectivity index (χ2n) is 5.46. The molecule has 0 N–H and O–H groups in total. The fraction of sp³-hybridized carbons (Fsp3) is 0.438. The van der Waals surface area contributed by atoms with Gasteiger partial charge in [-0.2, -0.15) is 0 Å². The largest absolute Gasteiger partial charge is 0.348 e. The molecule has 3 rings (SSSR count). The molecule has 2 heterocycles. The molecular weight excluding hydrogens is 323 g/mol. The van der Waals surface area contributed by atoms with Gasteiger partial charge in [0.25, 0.3) is 0 Å².